The minimum Gasteiger partial charge on any atom is -0.488 e. The largest absolute Gasteiger partial charge is 0.573 e. The maximum absolute atomic E-state index is 12.3. The van der Waals surface area contributed by atoms with E-state index in [1.807, 2.05) is 19.1 Å². The molecule has 192 valence electrons. The maximum Gasteiger partial charge on any atom is 0.573 e. The van der Waals surface area contributed by atoms with Crippen molar-refractivity contribution in [2.24, 2.45) is 5.73 Å². The molecular weight excluding hydrogens is 522 g/mol. The van der Waals surface area contributed by atoms with Crippen molar-refractivity contribution in [2.75, 3.05) is 0 Å². The minimum absolute atomic E-state index is 0.0498. The van der Waals surface area contributed by atoms with E-state index in [4.69, 9.17) is 43.5 Å². The van der Waals surface area contributed by atoms with Crippen molar-refractivity contribution in [3.63, 3.8) is 0 Å². The summed E-state index contributed by atoms with van der Waals surface area (Å²) in [6.07, 6.45) is -4.71. The summed E-state index contributed by atoms with van der Waals surface area (Å²) in [6, 6.07) is 12.8. The lowest BCUT2D eigenvalue weighted by molar-refractivity contribution is -0.274. The van der Waals surface area contributed by atoms with Crippen molar-refractivity contribution in [2.45, 2.75) is 39.0 Å². The van der Waals surface area contributed by atoms with E-state index in [-0.39, 0.29) is 41.2 Å². The molecule has 1 atom stereocenters. The Balaban J connectivity index is 1.68. The third kappa shape index (κ3) is 7.94. The van der Waals surface area contributed by atoms with E-state index in [0.29, 0.717) is 22.4 Å². The van der Waals surface area contributed by atoms with Gasteiger partial charge in [0.25, 0.3) is 0 Å². The highest BCUT2D eigenvalue weighted by atomic mass is 35.5. The number of hydrogen-bond donors (Lipinski definition) is 2. The average molecular weight is 544 g/mol. The fraction of sp³-hybridized carbons (Fsp3) is 0.240. The molecule has 11 heteroatoms. The molecule has 0 aliphatic heterocycles. The van der Waals surface area contributed by atoms with Crippen LogP contribution >= 0.6 is 23.2 Å². The van der Waals surface area contributed by atoms with Gasteiger partial charge in [-0.25, -0.2) is 0 Å². The zero-order valence-corrected chi connectivity index (χ0v) is 20.5. The predicted octanol–water partition coefficient (Wildman–Crippen LogP) is 6.31. The average Bonchev–Trinajstić information content (AvgIpc) is 2.78. The Bertz CT molecular complexity index is 1200. The van der Waals surface area contributed by atoms with Gasteiger partial charge in [-0.2, -0.15) is 0 Å². The molecule has 0 aromatic heterocycles. The molecule has 0 saturated carbocycles. The van der Waals surface area contributed by atoms with Crippen molar-refractivity contribution >= 4 is 29.2 Å². The maximum atomic E-state index is 12.3. The molecule has 3 aromatic rings. The monoisotopic (exact) mass is 543 g/mol. The number of alkyl halides is 3. The summed E-state index contributed by atoms with van der Waals surface area (Å²) in [7, 11) is 0. The molecule has 0 aliphatic carbocycles. The molecule has 0 fully saturated rings. The van der Waals surface area contributed by atoms with E-state index in [1.54, 1.807) is 18.2 Å². The quantitative estimate of drug-likeness (QED) is 0.311. The summed E-state index contributed by atoms with van der Waals surface area (Å²) in [5, 5.41) is 9.39. The topological polar surface area (TPSA) is 91.0 Å². The number of ether oxygens (including phenoxy) is 3. The van der Waals surface area contributed by atoms with Gasteiger partial charge in [0.2, 0.25) is 0 Å². The summed E-state index contributed by atoms with van der Waals surface area (Å²) in [4.78, 5) is 11.0. The van der Waals surface area contributed by atoms with Gasteiger partial charge in [0, 0.05) is 5.56 Å². The first-order chi connectivity index (χ1) is 16.9. The van der Waals surface area contributed by atoms with Gasteiger partial charge in [-0.3, -0.25) is 4.79 Å². The van der Waals surface area contributed by atoms with Gasteiger partial charge < -0.3 is 25.1 Å². The molecule has 3 N–H and O–H groups in total. The van der Waals surface area contributed by atoms with E-state index in [0.717, 1.165) is 5.56 Å². The van der Waals surface area contributed by atoms with Crippen molar-refractivity contribution < 1.29 is 37.3 Å². The second-order valence-corrected chi connectivity index (χ2v) is 8.73. The van der Waals surface area contributed by atoms with Crippen LogP contribution in [0, 0.1) is 6.92 Å². The van der Waals surface area contributed by atoms with Crippen LogP contribution in [-0.2, 0) is 24.4 Å². The molecule has 3 aromatic carbocycles. The van der Waals surface area contributed by atoms with Crippen LogP contribution in [0.1, 0.15) is 22.3 Å². The highest BCUT2D eigenvalue weighted by Gasteiger charge is 2.31. The standard InChI is InChI=1S/C25H22Cl2F3NO5/c1-14-2-7-22(34-12-15-3-5-18(6-4-15)36-25(28,29)30)17(8-14)13-35-23-19(26)9-16(10-20(23)27)11-21(31)24(32)33/h2-10,21H,11-13,31H2,1H3,(H,32,33)/t21-/m0/s1. The third-order valence-corrected chi connectivity index (χ3v) is 5.53. The van der Waals surface area contributed by atoms with Crippen molar-refractivity contribution in [1.82, 2.24) is 0 Å². The zero-order valence-electron chi connectivity index (χ0n) is 18.9. The van der Waals surface area contributed by atoms with Crippen molar-refractivity contribution in [3.05, 3.63) is 86.9 Å². The Hall–Kier alpha value is -3.14. The van der Waals surface area contributed by atoms with Gasteiger partial charge in [0.1, 0.15) is 30.8 Å². The molecule has 0 heterocycles. The first-order valence-electron chi connectivity index (χ1n) is 10.6. The Kier molecular flexibility index (Phi) is 8.94. The number of hydrogen-bond acceptors (Lipinski definition) is 5. The lowest BCUT2D eigenvalue weighted by Gasteiger charge is -2.16. The van der Waals surface area contributed by atoms with Gasteiger partial charge in [-0.05, 0) is 60.9 Å². The van der Waals surface area contributed by atoms with Gasteiger partial charge in [0.05, 0.1) is 10.0 Å². The molecule has 6 nitrogen and oxygen atoms in total. The fourth-order valence-electron chi connectivity index (χ4n) is 3.27. The summed E-state index contributed by atoms with van der Waals surface area (Å²) < 4.78 is 52.6. The van der Waals surface area contributed by atoms with Crippen molar-refractivity contribution in [3.8, 4) is 17.2 Å². The van der Waals surface area contributed by atoms with E-state index in [1.165, 1.54) is 24.3 Å². The smallest absolute Gasteiger partial charge is 0.488 e. The van der Waals surface area contributed by atoms with Gasteiger partial charge >= 0.3 is 12.3 Å². The first-order valence-corrected chi connectivity index (χ1v) is 11.3. The molecule has 0 amide bonds. The van der Waals surface area contributed by atoms with Crippen LogP contribution in [0.2, 0.25) is 10.0 Å². The Morgan fingerprint density at radius 2 is 1.61 bits per heavy atom. The molecule has 36 heavy (non-hydrogen) atoms. The van der Waals surface area contributed by atoms with Gasteiger partial charge in [-0.15, -0.1) is 13.2 Å². The summed E-state index contributed by atoms with van der Waals surface area (Å²) >= 11 is 12.6. The number of halogens is 5. The highest BCUT2D eigenvalue weighted by Crippen LogP contribution is 2.36. The summed E-state index contributed by atoms with van der Waals surface area (Å²) in [5.41, 5.74) is 8.40. The Morgan fingerprint density at radius 3 is 2.19 bits per heavy atom. The Morgan fingerprint density at radius 1 is 0.972 bits per heavy atom. The number of aryl methyl sites for hydroxylation is 1. The lowest BCUT2D eigenvalue weighted by Crippen LogP contribution is -2.32. The molecule has 0 unspecified atom stereocenters. The second-order valence-electron chi connectivity index (χ2n) is 7.92. The van der Waals surface area contributed by atoms with E-state index < -0.39 is 18.4 Å². The molecule has 0 saturated heterocycles. The fourth-order valence-corrected chi connectivity index (χ4v) is 3.91. The van der Waals surface area contributed by atoms with Crippen LogP contribution < -0.4 is 19.9 Å². The third-order valence-electron chi connectivity index (χ3n) is 4.97. The van der Waals surface area contributed by atoms with E-state index in [2.05, 4.69) is 4.74 Å². The van der Waals surface area contributed by atoms with Crippen LogP contribution in [0.4, 0.5) is 13.2 Å². The first kappa shape index (κ1) is 27.4. The Labute approximate surface area is 215 Å². The summed E-state index contributed by atoms with van der Waals surface area (Å²) in [5.74, 6) is -0.730. The molecular formula is C25H22Cl2F3NO5. The van der Waals surface area contributed by atoms with E-state index in [9.17, 15) is 18.0 Å². The number of aliphatic carboxylic acids is 1. The predicted molar refractivity (Wildman–Crippen MR) is 129 cm³/mol. The van der Waals surface area contributed by atoms with Crippen LogP contribution in [0.25, 0.3) is 0 Å². The van der Waals surface area contributed by atoms with Gasteiger partial charge in [-0.1, -0.05) is 47.0 Å². The highest BCUT2D eigenvalue weighted by molar-refractivity contribution is 6.37. The molecule has 0 radical (unpaired) electrons. The van der Waals surface area contributed by atoms with Crippen LogP contribution in [-0.4, -0.2) is 23.5 Å². The second kappa shape index (κ2) is 11.7. The molecule has 0 bridgehead atoms. The number of rotatable bonds is 10. The SMILES string of the molecule is Cc1ccc(OCc2ccc(OC(F)(F)F)cc2)c(COc2c(Cl)cc(C[C@H](N)C(=O)O)cc2Cl)c1. The van der Waals surface area contributed by atoms with Crippen molar-refractivity contribution in [1.29, 1.82) is 0 Å². The van der Waals surface area contributed by atoms with Crippen LogP contribution in [0.15, 0.2) is 54.6 Å². The van der Waals surface area contributed by atoms with Crippen LogP contribution in [0.3, 0.4) is 0 Å². The molecule has 0 spiro atoms. The van der Waals surface area contributed by atoms with Gasteiger partial charge in [0.15, 0.2) is 5.75 Å². The minimum atomic E-state index is -4.76. The zero-order chi connectivity index (χ0) is 26.5. The number of carboxylic acid groups (broad SMARTS) is 1. The number of nitrogens with two attached hydrogens (primary N) is 1. The summed E-state index contributed by atoms with van der Waals surface area (Å²) in [6.45, 7) is 2.05. The normalized spacial score (nSPS) is 12.2. The molecule has 0 aliphatic rings. The van der Waals surface area contributed by atoms with E-state index >= 15 is 0 Å². The number of carboxylic acids is 1. The number of benzene rings is 3. The lowest BCUT2D eigenvalue weighted by atomic mass is 10.1. The van der Waals surface area contributed by atoms with Crippen LogP contribution in [0.5, 0.6) is 17.2 Å². The number of carbonyl (C=O) groups is 1. The molecule has 3 rings (SSSR count).